The number of hydrogen-bond acceptors (Lipinski definition) is 3. The van der Waals surface area contributed by atoms with E-state index in [-0.39, 0.29) is 6.10 Å². The van der Waals surface area contributed by atoms with E-state index in [1.165, 1.54) is 0 Å². The number of nitrogens with zero attached hydrogens (tertiary/aromatic N) is 1. The minimum Gasteiger partial charge on any atom is -0.490 e. The summed E-state index contributed by atoms with van der Waals surface area (Å²) in [6, 6.07) is 7.77. The van der Waals surface area contributed by atoms with Crippen molar-refractivity contribution in [3.05, 3.63) is 29.8 Å². The maximum Gasteiger partial charge on any atom is 0.186 e. The maximum absolute atomic E-state index is 5.81. The molecule has 1 aromatic rings. The highest BCUT2D eigenvalue weighted by molar-refractivity contribution is 7.80. The van der Waals surface area contributed by atoms with Gasteiger partial charge in [0.1, 0.15) is 5.75 Å². The Balaban J connectivity index is 2.72. The lowest BCUT2D eigenvalue weighted by molar-refractivity contribution is 0.217. The van der Waals surface area contributed by atoms with E-state index in [0.29, 0.717) is 5.11 Å². The Labute approximate surface area is 113 Å². The number of ether oxygens (including phenoxy) is 1. The van der Waals surface area contributed by atoms with E-state index in [2.05, 4.69) is 22.8 Å². The molecule has 0 radical (unpaired) electrons. The van der Waals surface area contributed by atoms with E-state index in [9.17, 15) is 0 Å². The Morgan fingerprint density at radius 3 is 2.89 bits per heavy atom. The molecular formula is C13H19N3OS. The molecule has 0 saturated carbocycles. The molecule has 0 aromatic heterocycles. The second-order valence-electron chi connectivity index (χ2n) is 3.82. The lowest BCUT2D eigenvalue weighted by Gasteiger charge is -2.14. The van der Waals surface area contributed by atoms with E-state index < -0.39 is 0 Å². The van der Waals surface area contributed by atoms with Crippen LogP contribution in [0.4, 0.5) is 0 Å². The summed E-state index contributed by atoms with van der Waals surface area (Å²) in [5.74, 6) is 0.827. The SMILES string of the molecule is CC[C@H](C)Oc1ccccc1/C=N\NC(=S)NC. The molecule has 1 atom stereocenters. The van der Waals surface area contributed by atoms with Crippen LogP contribution in [0.5, 0.6) is 5.75 Å². The smallest absolute Gasteiger partial charge is 0.186 e. The minimum atomic E-state index is 0.186. The Bertz CT molecular complexity index is 420. The number of para-hydroxylation sites is 1. The monoisotopic (exact) mass is 265 g/mol. The van der Waals surface area contributed by atoms with Crippen LogP contribution in [0.2, 0.25) is 0 Å². The summed E-state index contributed by atoms with van der Waals surface area (Å²) in [5, 5.41) is 7.31. The zero-order chi connectivity index (χ0) is 13.4. The Kier molecular flexibility index (Phi) is 6.14. The summed E-state index contributed by atoms with van der Waals surface area (Å²) in [7, 11) is 1.74. The van der Waals surface area contributed by atoms with Crippen LogP contribution in [-0.2, 0) is 0 Å². The molecule has 5 heteroatoms. The van der Waals surface area contributed by atoms with Gasteiger partial charge in [-0.15, -0.1) is 0 Å². The molecule has 0 aliphatic carbocycles. The molecule has 0 fully saturated rings. The predicted octanol–water partition coefficient (Wildman–Crippen LogP) is 2.29. The van der Waals surface area contributed by atoms with Gasteiger partial charge in [0, 0.05) is 12.6 Å². The molecule has 1 aromatic carbocycles. The van der Waals surface area contributed by atoms with Crippen LogP contribution in [0, 0.1) is 0 Å². The van der Waals surface area contributed by atoms with E-state index in [4.69, 9.17) is 17.0 Å². The molecule has 0 bridgehead atoms. The van der Waals surface area contributed by atoms with Gasteiger partial charge in [0.2, 0.25) is 0 Å². The van der Waals surface area contributed by atoms with Gasteiger partial charge in [-0.1, -0.05) is 19.1 Å². The number of hydrogen-bond donors (Lipinski definition) is 2. The average Bonchev–Trinajstić information content (AvgIpc) is 2.40. The summed E-state index contributed by atoms with van der Waals surface area (Å²) in [6.07, 6.45) is 2.85. The summed E-state index contributed by atoms with van der Waals surface area (Å²) in [6.45, 7) is 4.14. The summed E-state index contributed by atoms with van der Waals surface area (Å²) in [5.41, 5.74) is 3.63. The normalized spacial score (nSPS) is 12.2. The third-order valence-corrected chi connectivity index (χ3v) is 2.71. The molecule has 0 unspecified atom stereocenters. The summed E-state index contributed by atoms with van der Waals surface area (Å²) in [4.78, 5) is 0. The fourth-order valence-corrected chi connectivity index (χ4v) is 1.26. The number of benzene rings is 1. The Morgan fingerprint density at radius 1 is 1.50 bits per heavy atom. The largest absolute Gasteiger partial charge is 0.490 e. The molecule has 0 aliphatic rings. The molecule has 0 amide bonds. The van der Waals surface area contributed by atoms with Crippen LogP contribution < -0.4 is 15.5 Å². The van der Waals surface area contributed by atoms with Gasteiger partial charge >= 0.3 is 0 Å². The summed E-state index contributed by atoms with van der Waals surface area (Å²) < 4.78 is 5.81. The van der Waals surface area contributed by atoms with Crippen LogP contribution in [0.25, 0.3) is 0 Å². The zero-order valence-electron chi connectivity index (χ0n) is 10.9. The molecule has 0 saturated heterocycles. The van der Waals surface area contributed by atoms with Crippen molar-refractivity contribution in [2.24, 2.45) is 5.10 Å². The van der Waals surface area contributed by atoms with Gasteiger partial charge in [-0.2, -0.15) is 5.10 Å². The highest BCUT2D eigenvalue weighted by atomic mass is 32.1. The maximum atomic E-state index is 5.81. The van der Waals surface area contributed by atoms with Gasteiger partial charge in [0.15, 0.2) is 5.11 Å². The number of thiocarbonyl (C=S) groups is 1. The zero-order valence-corrected chi connectivity index (χ0v) is 11.8. The first-order valence-corrected chi connectivity index (χ1v) is 6.34. The van der Waals surface area contributed by atoms with Crippen molar-refractivity contribution in [1.29, 1.82) is 0 Å². The third-order valence-electron chi connectivity index (χ3n) is 2.42. The lowest BCUT2D eigenvalue weighted by atomic mass is 10.2. The highest BCUT2D eigenvalue weighted by Crippen LogP contribution is 2.18. The van der Waals surface area contributed by atoms with Crippen molar-refractivity contribution in [3.8, 4) is 5.75 Å². The van der Waals surface area contributed by atoms with Gasteiger partial charge in [-0.3, -0.25) is 5.43 Å². The van der Waals surface area contributed by atoms with E-state index in [1.807, 2.05) is 31.2 Å². The van der Waals surface area contributed by atoms with Crippen LogP contribution >= 0.6 is 12.2 Å². The van der Waals surface area contributed by atoms with Gasteiger partial charge in [-0.25, -0.2) is 0 Å². The first kappa shape index (κ1) is 14.4. The molecular weight excluding hydrogens is 246 g/mol. The van der Waals surface area contributed by atoms with Gasteiger partial charge < -0.3 is 10.1 Å². The standard InChI is InChI=1S/C13H19N3OS/c1-4-10(2)17-12-8-6-5-7-11(12)9-15-16-13(18)14-3/h5-10H,4H2,1-3H3,(H2,14,16,18)/b15-9-/t10-/m0/s1. The van der Waals surface area contributed by atoms with Crippen molar-refractivity contribution in [2.45, 2.75) is 26.4 Å². The van der Waals surface area contributed by atoms with Gasteiger partial charge in [-0.05, 0) is 37.7 Å². The van der Waals surface area contributed by atoms with Crippen molar-refractivity contribution in [2.75, 3.05) is 7.05 Å². The van der Waals surface area contributed by atoms with Crippen LogP contribution in [0.15, 0.2) is 29.4 Å². The number of nitrogens with one attached hydrogen (secondary N) is 2. The van der Waals surface area contributed by atoms with E-state index in [1.54, 1.807) is 13.3 Å². The highest BCUT2D eigenvalue weighted by Gasteiger charge is 2.04. The van der Waals surface area contributed by atoms with Crippen LogP contribution in [-0.4, -0.2) is 24.5 Å². The van der Waals surface area contributed by atoms with Crippen LogP contribution in [0.1, 0.15) is 25.8 Å². The molecule has 1 rings (SSSR count). The lowest BCUT2D eigenvalue weighted by Crippen LogP contribution is -2.28. The molecule has 98 valence electrons. The minimum absolute atomic E-state index is 0.186. The first-order chi connectivity index (χ1) is 8.67. The van der Waals surface area contributed by atoms with Gasteiger partial charge in [0.25, 0.3) is 0 Å². The fraction of sp³-hybridized carbons (Fsp3) is 0.385. The molecule has 2 N–H and O–H groups in total. The Morgan fingerprint density at radius 2 is 2.22 bits per heavy atom. The van der Waals surface area contributed by atoms with Crippen molar-refractivity contribution < 1.29 is 4.74 Å². The average molecular weight is 265 g/mol. The molecule has 0 heterocycles. The predicted molar refractivity (Wildman–Crippen MR) is 79.2 cm³/mol. The summed E-state index contributed by atoms with van der Waals surface area (Å²) >= 11 is 4.92. The first-order valence-electron chi connectivity index (χ1n) is 5.93. The molecule has 18 heavy (non-hydrogen) atoms. The van der Waals surface area contributed by atoms with Crippen molar-refractivity contribution in [1.82, 2.24) is 10.7 Å². The van der Waals surface area contributed by atoms with Crippen LogP contribution in [0.3, 0.4) is 0 Å². The van der Waals surface area contributed by atoms with E-state index >= 15 is 0 Å². The molecule has 0 spiro atoms. The topological polar surface area (TPSA) is 45.6 Å². The number of hydrazone groups is 1. The molecule has 4 nitrogen and oxygen atoms in total. The fourth-order valence-electron chi connectivity index (χ4n) is 1.21. The second kappa shape index (κ2) is 7.66. The van der Waals surface area contributed by atoms with Crippen molar-refractivity contribution in [3.63, 3.8) is 0 Å². The third kappa shape index (κ3) is 4.71. The Hall–Kier alpha value is -1.62. The van der Waals surface area contributed by atoms with E-state index in [0.717, 1.165) is 17.7 Å². The molecule has 0 aliphatic heterocycles. The second-order valence-corrected chi connectivity index (χ2v) is 4.23. The van der Waals surface area contributed by atoms with Crippen molar-refractivity contribution >= 4 is 23.5 Å². The quantitative estimate of drug-likeness (QED) is 0.487. The van der Waals surface area contributed by atoms with Gasteiger partial charge in [0.05, 0.1) is 12.3 Å². The number of rotatable bonds is 5.